The van der Waals surface area contributed by atoms with Crippen LogP contribution in [0.1, 0.15) is 34.1 Å². The Morgan fingerprint density at radius 1 is 1.06 bits per heavy atom. The highest BCUT2D eigenvalue weighted by Gasteiger charge is 2.25. The third-order valence-corrected chi connectivity index (χ3v) is 2.83. The van der Waals surface area contributed by atoms with Crippen LogP contribution in [0.2, 0.25) is 0 Å². The van der Waals surface area contributed by atoms with E-state index in [1.807, 2.05) is 6.08 Å². The van der Waals surface area contributed by atoms with Crippen LogP contribution < -0.4 is 0 Å². The number of rotatable bonds is 6. The molecule has 0 fully saturated rings. The molecule has 1 nitrogen and oxygen atoms in total. The van der Waals surface area contributed by atoms with Crippen LogP contribution in [-0.4, -0.2) is 37.3 Å². The zero-order valence-electron chi connectivity index (χ0n) is 9.77. The average molecular weight is 240 g/mol. The fourth-order valence-corrected chi connectivity index (χ4v) is 1.18. The van der Waals surface area contributed by atoms with Crippen LogP contribution in [0.3, 0.4) is 0 Å². The maximum Gasteiger partial charge on any atom is 0.389 e. The van der Waals surface area contributed by atoms with Gasteiger partial charge in [-0.1, -0.05) is 13.5 Å². The zero-order valence-corrected chi connectivity index (χ0v) is 9.77. The summed E-state index contributed by atoms with van der Waals surface area (Å²) in [5, 5.41) is 0. The lowest BCUT2D eigenvalue weighted by molar-refractivity contribution is -0.900. The van der Waals surface area contributed by atoms with Gasteiger partial charge in [-0.15, -0.1) is 0 Å². The Bertz CT molecular complexity index is 193. The highest BCUT2D eigenvalue weighted by atomic mass is 19.4. The SMILES string of the molecule is C.CC[N+](C)(CC)CC=CCCC(F)(F)F. The first-order valence-electron chi connectivity index (χ1n) is 5.38. The molecule has 0 radical (unpaired) electrons. The lowest BCUT2D eigenvalue weighted by Gasteiger charge is -2.30. The van der Waals surface area contributed by atoms with E-state index in [0.29, 0.717) is 0 Å². The van der Waals surface area contributed by atoms with E-state index in [4.69, 9.17) is 0 Å². The molecule has 0 heterocycles. The van der Waals surface area contributed by atoms with Crippen molar-refractivity contribution in [3.05, 3.63) is 12.2 Å². The first kappa shape index (κ1) is 17.9. The molecule has 0 rings (SSSR count). The lowest BCUT2D eigenvalue weighted by atomic mass is 10.2. The molecule has 0 bridgehead atoms. The standard InChI is InChI=1S/C11H21F3N.CH4/c1-4-15(3,5-2)10-8-6-7-9-11(12,13)14;/h6,8H,4-5,7,9-10H2,1-3H3;1H4/q+1;. The van der Waals surface area contributed by atoms with Gasteiger partial charge in [0, 0.05) is 6.42 Å². The zero-order chi connectivity index (χ0) is 11.9. The molecule has 98 valence electrons. The highest BCUT2D eigenvalue weighted by Crippen LogP contribution is 2.21. The molecule has 0 aliphatic heterocycles. The largest absolute Gasteiger partial charge is 0.389 e. The van der Waals surface area contributed by atoms with Gasteiger partial charge in [-0.3, -0.25) is 0 Å². The van der Waals surface area contributed by atoms with E-state index in [1.165, 1.54) is 0 Å². The second-order valence-corrected chi connectivity index (χ2v) is 4.06. The molecule has 0 N–H and O–H groups in total. The van der Waals surface area contributed by atoms with Crippen molar-refractivity contribution in [2.24, 2.45) is 0 Å². The molecular formula is C12H25F3N+. The second kappa shape index (κ2) is 7.71. The lowest BCUT2D eigenvalue weighted by Crippen LogP contribution is -2.43. The predicted octanol–water partition coefficient (Wildman–Crippen LogP) is 4.01. The molecule has 0 saturated carbocycles. The monoisotopic (exact) mass is 240 g/mol. The van der Waals surface area contributed by atoms with Crippen LogP contribution in [0, 0.1) is 0 Å². The Morgan fingerprint density at radius 2 is 1.56 bits per heavy atom. The molecule has 0 amide bonds. The molecule has 0 aromatic heterocycles. The number of alkyl halides is 3. The van der Waals surface area contributed by atoms with Crippen molar-refractivity contribution in [2.75, 3.05) is 26.7 Å². The van der Waals surface area contributed by atoms with Gasteiger partial charge in [0.25, 0.3) is 0 Å². The smallest absolute Gasteiger partial charge is 0.323 e. The molecule has 0 atom stereocenters. The molecule has 0 spiro atoms. The number of nitrogens with zero attached hydrogens (tertiary/aromatic N) is 1. The molecule has 4 heteroatoms. The quantitative estimate of drug-likeness (QED) is 0.486. The summed E-state index contributed by atoms with van der Waals surface area (Å²) in [6, 6.07) is 0. The van der Waals surface area contributed by atoms with Crippen molar-refractivity contribution in [3.8, 4) is 0 Å². The van der Waals surface area contributed by atoms with Gasteiger partial charge in [0.1, 0.15) is 0 Å². The number of likely N-dealkylation sites (N-methyl/N-ethyl adjacent to an activating group) is 1. The summed E-state index contributed by atoms with van der Waals surface area (Å²) in [4.78, 5) is 0. The second-order valence-electron chi connectivity index (χ2n) is 4.06. The summed E-state index contributed by atoms with van der Waals surface area (Å²) < 4.78 is 36.3. The van der Waals surface area contributed by atoms with Crippen LogP contribution in [0.5, 0.6) is 0 Å². The van der Waals surface area contributed by atoms with Crippen molar-refractivity contribution < 1.29 is 17.7 Å². The maximum atomic E-state index is 11.8. The molecule has 0 aliphatic rings. The number of quaternary nitrogens is 1. The fourth-order valence-electron chi connectivity index (χ4n) is 1.18. The van der Waals surface area contributed by atoms with Gasteiger partial charge in [-0.2, -0.15) is 13.2 Å². The Labute approximate surface area is 97.5 Å². The van der Waals surface area contributed by atoms with E-state index in [9.17, 15) is 13.2 Å². The predicted molar refractivity (Wildman–Crippen MR) is 63.3 cm³/mol. The summed E-state index contributed by atoms with van der Waals surface area (Å²) in [6.07, 6.45) is -1.16. The fraction of sp³-hybridized carbons (Fsp3) is 0.833. The Morgan fingerprint density at radius 3 is 1.94 bits per heavy atom. The minimum absolute atomic E-state index is 0. The van der Waals surface area contributed by atoms with Gasteiger partial charge >= 0.3 is 6.18 Å². The molecule has 0 aliphatic carbocycles. The minimum Gasteiger partial charge on any atom is -0.323 e. The summed E-state index contributed by atoms with van der Waals surface area (Å²) in [7, 11) is 2.11. The van der Waals surface area contributed by atoms with Gasteiger partial charge < -0.3 is 4.48 Å². The van der Waals surface area contributed by atoms with Crippen molar-refractivity contribution in [2.45, 2.75) is 40.3 Å². The number of hydrogen-bond acceptors (Lipinski definition) is 0. The topological polar surface area (TPSA) is 0 Å². The van der Waals surface area contributed by atoms with Crippen LogP contribution in [0.25, 0.3) is 0 Å². The van der Waals surface area contributed by atoms with Crippen LogP contribution in [-0.2, 0) is 0 Å². The van der Waals surface area contributed by atoms with Gasteiger partial charge in [-0.05, 0) is 26.3 Å². The molecule has 0 saturated heterocycles. The third kappa shape index (κ3) is 8.77. The molecule has 0 aromatic rings. The van der Waals surface area contributed by atoms with E-state index in [1.54, 1.807) is 6.08 Å². The number of hydrogen-bond donors (Lipinski definition) is 0. The summed E-state index contributed by atoms with van der Waals surface area (Å²) >= 11 is 0. The van der Waals surface area contributed by atoms with Gasteiger partial charge in [0.05, 0.1) is 26.7 Å². The van der Waals surface area contributed by atoms with E-state index >= 15 is 0 Å². The summed E-state index contributed by atoms with van der Waals surface area (Å²) in [6.45, 7) is 6.99. The van der Waals surface area contributed by atoms with Crippen molar-refractivity contribution >= 4 is 0 Å². The van der Waals surface area contributed by atoms with E-state index in [-0.39, 0.29) is 13.8 Å². The molecule has 16 heavy (non-hydrogen) atoms. The molecule has 0 aromatic carbocycles. The number of allylic oxidation sites excluding steroid dienone is 1. The highest BCUT2D eigenvalue weighted by molar-refractivity contribution is 4.82. The van der Waals surface area contributed by atoms with Crippen LogP contribution in [0.15, 0.2) is 12.2 Å². The third-order valence-electron chi connectivity index (χ3n) is 2.83. The Kier molecular flexibility index (Phi) is 8.62. The van der Waals surface area contributed by atoms with Crippen molar-refractivity contribution in [1.29, 1.82) is 0 Å². The molecular weight excluding hydrogens is 215 g/mol. The van der Waals surface area contributed by atoms with Crippen molar-refractivity contribution in [3.63, 3.8) is 0 Å². The van der Waals surface area contributed by atoms with E-state index in [2.05, 4.69) is 20.9 Å². The Balaban J connectivity index is 0. The summed E-state index contributed by atoms with van der Waals surface area (Å²) in [5.41, 5.74) is 0. The summed E-state index contributed by atoms with van der Waals surface area (Å²) in [5.74, 6) is 0. The van der Waals surface area contributed by atoms with E-state index in [0.717, 1.165) is 24.1 Å². The van der Waals surface area contributed by atoms with Crippen LogP contribution in [0.4, 0.5) is 13.2 Å². The van der Waals surface area contributed by atoms with Crippen molar-refractivity contribution in [1.82, 2.24) is 0 Å². The maximum absolute atomic E-state index is 11.8. The first-order valence-corrected chi connectivity index (χ1v) is 5.38. The normalized spacial score (nSPS) is 12.9. The van der Waals surface area contributed by atoms with Gasteiger partial charge in [0.15, 0.2) is 0 Å². The Hall–Kier alpha value is -0.510. The van der Waals surface area contributed by atoms with Gasteiger partial charge in [0.2, 0.25) is 0 Å². The first-order chi connectivity index (χ1) is 6.83. The molecule has 0 unspecified atom stereocenters. The van der Waals surface area contributed by atoms with E-state index < -0.39 is 12.6 Å². The minimum atomic E-state index is -4.03. The average Bonchev–Trinajstić information content (AvgIpc) is 2.15. The van der Waals surface area contributed by atoms with Gasteiger partial charge in [-0.25, -0.2) is 0 Å². The van der Waals surface area contributed by atoms with Crippen LogP contribution >= 0.6 is 0 Å². The number of halogens is 3.